The second-order valence-electron chi connectivity index (χ2n) is 9.56. The molecule has 0 aromatic carbocycles. The van der Waals surface area contributed by atoms with Crippen LogP contribution in [0.4, 0.5) is 23.1 Å². The number of hydrogen-bond donors (Lipinski definition) is 4. The van der Waals surface area contributed by atoms with Crippen molar-refractivity contribution < 1.29 is 5.11 Å². The van der Waals surface area contributed by atoms with Gasteiger partial charge in [-0.1, -0.05) is 0 Å². The zero-order chi connectivity index (χ0) is 25.1. The molecule has 37 heavy (non-hydrogen) atoms. The molecule has 2 aliphatic rings. The van der Waals surface area contributed by atoms with Gasteiger partial charge in [0.1, 0.15) is 17.5 Å². The highest BCUT2D eigenvalue weighted by atomic mass is 16.3. The SMILES string of the molecule is Cc1c(-c2cc3cc(Nc4cc5n(n4)Cc4nccn4CC5)ncc3c(N)n2)cnc2c1NCC[C@H]2O. The van der Waals surface area contributed by atoms with E-state index < -0.39 is 6.10 Å². The normalized spacial score (nSPS) is 16.4. The van der Waals surface area contributed by atoms with Crippen LogP contribution >= 0.6 is 0 Å². The van der Waals surface area contributed by atoms with E-state index in [0.717, 1.165) is 63.6 Å². The highest BCUT2D eigenvalue weighted by Crippen LogP contribution is 2.37. The van der Waals surface area contributed by atoms with Gasteiger partial charge in [0.25, 0.3) is 0 Å². The van der Waals surface area contributed by atoms with Gasteiger partial charge in [-0.25, -0.2) is 15.0 Å². The monoisotopic (exact) mass is 494 g/mol. The summed E-state index contributed by atoms with van der Waals surface area (Å²) in [6.45, 7) is 4.24. The van der Waals surface area contributed by atoms with Gasteiger partial charge in [0, 0.05) is 67.0 Å². The summed E-state index contributed by atoms with van der Waals surface area (Å²) in [7, 11) is 0. The van der Waals surface area contributed by atoms with E-state index in [2.05, 4.69) is 41.2 Å². The van der Waals surface area contributed by atoms with Crippen molar-refractivity contribution in [1.82, 2.24) is 34.3 Å². The first kappa shape index (κ1) is 21.7. The van der Waals surface area contributed by atoms with Gasteiger partial charge in [-0.15, -0.1) is 0 Å². The summed E-state index contributed by atoms with van der Waals surface area (Å²) in [6.07, 6.45) is 8.31. The van der Waals surface area contributed by atoms with Crippen LogP contribution in [-0.2, 0) is 19.5 Å². The first-order valence-corrected chi connectivity index (χ1v) is 12.4. The maximum absolute atomic E-state index is 10.3. The summed E-state index contributed by atoms with van der Waals surface area (Å²) in [6, 6.07) is 6.02. The van der Waals surface area contributed by atoms with Crippen LogP contribution in [0, 0.1) is 6.92 Å². The molecule has 1 atom stereocenters. The lowest BCUT2D eigenvalue weighted by Crippen LogP contribution is -2.19. The van der Waals surface area contributed by atoms with Crippen molar-refractivity contribution in [2.45, 2.75) is 39.0 Å². The molecule has 5 aromatic rings. The average Bonchev–Trinajstić information content (AvgIpc) is 3.46. The van der Waals surface area contributed by atoms with Gasteiger partial charge in [-0.2, -0.15) is 5.10 Å². The summed E-state index contributed by atoms with van der Waals surface area (Å²) in [5.41, 5.74) is 11.6. The molecular formula is C26H26N10O. The zero-order valence-electron chi connectivity index (χ0n) is 20.3. The van der Waals surface area contributed by atoms with Crippen molar-refractivity contribution in [3.63, 3.8) is 0 Å². The molecule has 0 unspecified atom stereocenters. The van der Waals surface area contributed by atoms with Gasteiger partial charge in [0.05, 0.1) is 29.7 Å². The number of aromatic nitrogens is 7. The second-order valence-corrected chi connectivity index (χ2v) is 9.56. The fraction of sp³-hybridized carbons (Fsp3) is 0.269. The minimum absolute atomic E-state index is 0.404. The third-order valence-electron chi connectivity index (χ3n) is 7.25. The number of imidazole rings is 1. The van der Waals surface area contributed by atoms with Crippen LogP contribution in [0.3, 0.4) is 0 Å². The van der Waals surface area contributed by atoms with Gasteiger partial charge >= 0.3 is 0 Å². The van der Waals surface area contributed by atoms with Gasteiger partial charge < -0.3 is 26.0 Å². The van der Waals surface area contributed by atoms with Gasteiger partial charge in [-0.05, 0) is 36.4 Å². The average molecular weight is 495 g/mol. The predicted molar refractivity (Wildman–Crippen MR) is 141 cm³/mol. The van der Waals surface area contributed by atoms with Crippen molar-refractivity contribution in [3.05, 3.63) is 65.8 Å². The Labute approximate surface area is 212 Å². The third-order valence-corrected chi connectivity index (χ3v) is 7.25. The molecule has 7 rings (SSSR count). The van der Waals surface area contributed by atoms with E-state index in [1.54, 1.807) is 12.4 Å². The summed E-state index contributed by atoms with van der Waals surface area (Å²) >= 11 is 0. The summed E-state index contributed by atoms with van der Waals surface area (Å²) < 4.78 is 4.16. The first-order chi connectivity index (χ1) is 18.0. The van der Waals surface area contributed by atoms with Crippen LogP contribution in [0.5, 0.6) is 0 Å². The minimum Gasteiger partial charge on any atom is -0.387 e. The number of pyridine rings is 3. The van der Waals surface area contributed by atoms with E-state index in [-0.39, 0.29) is 0 Å². The van der Waals surface area contributed by atoms with Crippen LogP contribution in [0.25, 0.3) is 22.0 Å². The van der Waals surface area contributed by atoms with E-state index in [0.29, 0.717) is 36.8 Å². The molecule has 0 spiro atoms. The highest BCUT2D eigenvalue weighted by molar-refractivity contribution is 5.95. The molecule has 0 amide bonds. The third kappa shape index (κ3) is 3.66. The molecule has 0 radical (unpaired) electrons. The van der Waals surface area contributed by atoms with Gasteiger partial charge in [0.2, 0.25) is 0 Å². The molecule has 2 aliphatic heterocycles. The number of fused-ring (bicyclic) bond motifs is 4. The Kier molecular flexibility index (Phi) is 4.86. The lowest BCUT2D eigenvalue weighted by molar-refractivity contribution is 0.163. The number of rotatable bonds is 3. The van der Waals surface area contributed by atoms with Crippen LogP contribution in [0.15, 0.2) is 43.0 Å². The van der Waals surface area contributed by atoms with E-state index in [1.165, 1.54) is 0 Å². The summed E-state index contributed by atoms with van der Waals surface area (Å²) in [5.74, 6) is 2.82. The standard InChI is InChI=1S/C26H26N10O/c1-14-17(11-31-25-20(37)2-4-29-24(14)25)19-8-15-9-21(30-12-18(15)26(27)32-19)33-22-10-16-3-6-35-7-5-28-23(35)13-36(16)34-22/h5,7-12,20,29,37H,2-4,6,13H2,1H3,(H2,27,32)(H,30,33,34)/t20-/m1/s1. The van der Waals surface area contributed by atoms with Crippen LogP contribution in [-0.4, -0.2) is 45.9 Å². The minimum atomic E-state index is -0.557. The summed E-state index contributed by atoms with van der Waals surface area (Å²) in [4.78, 5) is 18.2. The van der Waals surface area contributed by atoms with Crippen LogP contribution < -0.4 is 16.4 Å². The van der Waals surface area contributed by atoms with Crippen molar-refractivity contribution in [2.75, 3.05) is 22.9 Å². The number of nitrogen functional groups attached to an aromatic ring is 1. The molecule has 5 N–H and O–H groups in total. The number of anilines is 4. The molecule has 11 nitrogen and oxygen atoms in total. The van der Waals surface area contributed by atoms with Crippen molar-refractivity contribution in [2.24, 2.45) is 0 Å². The number of aryl methyl sites for hydroxylation is 2. The Hall–Kier alpha value is -4.51. The Morgan fingerprint density at radius 1 is 1.14 bits per heavy atom. The molecule has 186 valence electrons. The Balaban J connectivity index is 1.22. The topological polar surface area (TPSA) is 145 Å². The Morgan fingerprint density at radius 3 is 2.97 bits per heavy atom. The zero-order valence-corrected chi connectivity index (χ0v) is 20.3. The largest absolute Gasteiger partial charge is 0.387 e. The Morgan fingerprint density at radius 2 is 2.05 bits per heavy atom. The van der Waals surface area contributed by atoms with Gasteiger partial charge in [0.15, 0.2) is 5.82 Å². The van der Waals surface area contributed by atoms with Crippen molar-refractivity contribution in [1.29, 1.82) is 0 Å². The van der Waals surface area contributed by atoms with Crippen molar-refractivity contribution in [3.8, 4) is 11.3 Å². The lowest BCUT2D eigenvalue weighted by Gasteiger charge is -2.24. The smallest absolute Gasteiger partial charge is 0.153 e. The second kappa shape index (κ2) is 8.27. The number of nitrogens with zero attached hydrogens (tertiary/aromatic N) is 7. The fourth-order valence-electron chi connectivity index (χ4n) is 5.26. The predicted octanol–water partition coefficient (Wildman–Crippen LogP) is 3.17. The summed E-state index contributed by atoms with van der Waals surface area (Å²) in [5, 5.41) is 23.5. The molecule has 11 heteroatoms. The Bertz CT molecular complexity index is 1670. The number of nitrogens with one attached hydrogen (secondary N) is 2. The first-order valence-electron chi connectivity index (χ1n) is 12.4. The molecule has 0 aliphatic carbocycles. The highest BCUT2D eigenvalue weighted by Gasteiger charge is 2.23. The number of aliphatic hydroxyl groups is 1. The molecule has 0 saturated carbocycles. The maximum atomic E-state index is 10.3. The molecule has 0 bridgehead atoms. The van der Waals surface area contributed by atoms with Crippen LogP contribution in [0.2, 0.25) is 0 Å². The number of aliphatic hydroxyl groups excluding tert-OH is 1. The number of hydrogen-bond acceptors (Lipinski definition) is 9. The quantitative estimate of drug-likeness (QED) is 0.297. The molecule has 0 saturated heterocycles. The fourth-order valence-corrected chi connectivity index (χ4v) is 5.26. The maximum Gasteiger partial charge on any atom is 0.153 e. The van der Waals surface area contributed by atoms with E-state index in [9.17, 15) is 5.11 Å². The molecule has 0 fully saturated rings. The molecule has 5 aromatic heterocycles. The van der Waals surface area contributed by atoms with E-state index in [1.807, 2.05) is 36.1 Å². The van der Waals surface area contributed by atoms with Crippen molar-refractivity contribution >= 4 is 33.9 Å². The molecular weight excluding hydrogens is 468 g/mol. The van der Waals surface area contributed by atoms with E-state index in [4.69, 9.17) is 10.8 Å². The number of nitrogens with two attached hydrogens (primary N) is 1. The lowest BCUT2D eigenvalue weighted by atomic mass is 9.98. The van der Waals surface area contributed by atoms with Crippen LogP contribution in [0.1, 0.15) is 35.3 Å². The van der Waals surface area contributed by atoms with E-state index >= 15 is 0 Å². The molecule has 7 heterocycles. The van der Waals surface area contributed by atoms with Gasteiger partial charge in [-0.3, -0.25) is 9.67 Å².